The van der Waals surface area contributed by atoms with Crippen LogP contribution in [0.5, 0.6) is 0 Å². The van der Waals surface area contributed by atoms with Gasteiger partial charge in [-0.25, -0.2) is 4.98 Å². The number of amides is 1. The number of nitrogens with one attached hydrogen (secondary N) is 1. The molecule has 0 bridgehead atoms. The van der Waals surface area contributed by atoms with E-state index in [4.69, 9.17) is 0 Å². The van der Waals surface area contributed by atoms with E-state index in [0.717, 1.165) is 39.1 Å². The van der Waals surface area contributed by atoms with Gasteiger partial charge in [0.15, 0.2) is 5.78 Å². The highest BCUT2D eigenvalue weighted by atomic mass is 16.1. The molecule has 162 valence electrons. The minimum Gasteiger partial charge on any atom is -0.322 e. The van der Waals surface area contributed by atoms with Crippen LogP contribution >= 0.6 is 0 Å². The quantitative estimate of drug-likeness (QED) is 0.403. The van der Waals surface area contributed by atoms with Crippen LogP contribution in [0.2, 0.25) is 0 Å². The Morgan fingerprint density at radius 3 is 2.61 bits per heavy atom. The van der Waals surface area contributed by atoms with Crippen molar-refractivity contribution < 1.29 is 9.59 Å². The van der Waals surface area contributed by atoms with Crippen LogP contribution in [-0.4, -0.2) is 21.2 Å². The highest BCUT2D eigenvalue weighted by Crippen LogP contribution is 2.33. The number of fused-ring (bicyclic) bond motifs is 2. The summed E-state index contributed by atoms with van der Waals surface area (Å²) in [6.07, 6.45) is 7.39. The van der Waals surface area contributed by atoms with Crippen molar-refractivity contribution in [2.24, 2.45) is 5.92 Å². The smallest absolute Gasteiger partial charge is 0.251 e. The fourth-order valence-electron chi connectivity index (χ4n) is 4.44. The monoisotopic (exact) mass is 433 g/mol. The zero-order chi connectivity index (χ0) is 22.4. The minimum absolute atomic E-state index is 0.0866. The lowest BCUT2D eigenvalue weighted by molar-refractivity contribution is -0.112. The van der Waals surface area contributed by atoms with Crippen LogP contribution in [0.3, 0.4) is 0 Å². The SMILES string of the molecule is O=C(Nc1ccc2c(c1)ncn2-c1ccc(C(=O)CC2CC2)cc1)C1=Cc2ccccc2C1. The molecule has 2 aliphatic rings. The summed E-state index contributed by atoms with van der Waals surface area (Å²) in [6.45, 7) is 0. The van der Waals surface area contributed by atoms with E-state index < -0.39 is 0 Å². The molecule has 1 amide bonds. The summed E-state index contributed by atoms with van der Waals surface area (Å²) >= 11 is 0. The van der Waals surface area contributed by atoms with Crippen molar-refractivity contribution in [2.75, 3.05) is 5.32 Å². The van der Waals surface area contributed by atoms with Crippen LogP contribution in [0.15, 0.2) is 78.6 Å². The normalized spacial score (nSPS) is 14.7. The van der Waals surface area contributed by atoms with Gasteiger partial charge in [-0.05, 0) is 78.4 Å². The van der Waals surface area contributed by atoms with E-state index in [1.807, 2.05) is 71.3 Å². The Bertz CT molecular complexity index is 1430. The van der Waals surface area contributed by atoms with Crippen LogP contribution in [-0.2, 0) is 11.2 Å². The highest BCUT2D eigenvalue weighted by Gasteiger charge is 2.25. The van der Waals surface area contributed by atoms with Crippen molar-refractivity contribution in [3.05, 3.63) is 95.3 Å². The molecule has 1 saturated carbocycles. The number of carbonyl (C=O) groups is 2. The van der Waals surface area contributed by atoms with Crippen LogP contribution in [0, 0.1) is 5.92 Å². The molecule has 33 heavy (non-hydrogen) atoms. The van der Waals surface area contributed by atoms with E-state index in [-0.39, 0.29) is 11.7 Å². The van der Waals surface area contributed by atoms with Crippen molar-refractivity contribution in [1.29, 1.82) is 0 Å². The van der Waals surface area contributed by atoms with Gasteiger partial charge in [0, 0.05) is 35.4 Å². The highest BCUT2D eigenvalue weighted by molar-refractivity contribution is 6.08. The number of benzene rings is 3. The standard InChI is InChI=1S/C28H23N3O2/c32-27(13-18-5-6-18)19-7-10-24(11-8-19)31-17-29-25-16-23(9-12-26(25)31)30-28(33)22-14-20-3-1-2-4-21(20)15-22/h1-4,7-12,14,16-18H,5-6,13,15H2,(H,30,33). The molecule has 5 heteroatoms. The topological polar surface area (TPSA) is 64.0 Å². The summed E-state index contributed by atoms with van der Waals surface area (Å²) in [5.41, 5.74) is 7.22. The van der Waals surface area contributed by atoms with Crippen LogP contribution in [0.4, 0.5) is 5.69 Å². The maximum Gasteiger partial charge on any atom is 0.251 e. The number of aromatic nitrogens is 2. The number of ketones is 1. The average Bonchev–Trinajstić information content (AvgIpc) is 3.38. The molecule has 1 aromatic heterocycles. The summed E-state index contributed by atoms with van der Waals surface area (Å²) in [5, 5.41) is 3.01. The number of Topliss-reactive ketones (excluding diaryl/α,β-unsaturated/α-hetero) is 1. The van der Waals surface area contributed by atoms with Crippen molar-refractivity contribution >= 4 is 34.5 Å². The summed E-state index contributed by atoms with van der Waals surface area (Å²) in [4.78, 5) is 29.6. The van der Waals surface area contributed by atoms with Crippen LogP contribution in [0.1, 0.15) is 40.7 Å². The number of hydrogen-bond donors (Lipinski definition) is 1. The number of nitrogens with zero attached hydrogens (tertiary/aromatic N) is 2. The molecule has 5 nitrogen and oxygen atoms in total. The molecule has 1 heterocycles. The molecule has 4 aromatic rings. The number of rotatable bonds is 6. The Morgan fingerprint density at radius 2 is 1.82 bits per heavy atom. The molecule has 0 radical (unpaired) electrons. The molecule has 0 saturated heterocycles. The van der Waals surface area contributed by atoms with E-state index in [0.29, 0.717) is 18.8 Å². The van der Waals surface area contributed by atoms with Crippen LogP contribution < -0.4 is 5.32 Å². The molecule has 3 aromatic carbocycles. The molecular formula is C28H23N3O2. The fraction of sp³-hybridized carbons (Fsp3) is 0.179. The van der Waals surface area contributed by atoms with Gasteiger partial charge in [0.25, 0.3) is 5.91 Å². The number of hydrogen-bond acceptors (Lipinski definition) is 3. The van der Waals surface area contributed by atoms with Gasteiger partial charge in [-0.3, -0.25) is 14.2 Å². The van der Waals surface area contributed by atoms with E-state index in [1.54, 1.807) is 6.33 Å². The Hall–Kier alpha value is -3.99. The lowest BCUT2D eigenvalue weighted by atomic mass is 10.1. The first-order valence-electron chi connectivity index (χ1n) is 11.3. The van der Waals surface area contributed by atoms with Crippen molar-refractivity contribution in [3.63, 3.8) is 0 Å². The first kappa shape index (κ1) is 19.7. The average molecular weight is 434 g/mol. The minimum atomic E-state index is -0.0866. The third kappa shape index (κ3) is 3.87. The predicted octanol–water partition coefficient (Wildman–Crippen LogP) is 5.59. The summed E-state index contributed by atoms with van der Waals surface area (Å²) in [5.74, 6) is 0.724. The van der Waals surface area contributed by atoms with E-state index >= 15 is 0 Å². The molecular weight excluding hydrogens is 410 g/mol. The Balaban J connectivity index is 1.19. The molecule has 1 N–H and O–H groups in total. The van der Waals surface area contributed by atoms with E-state index in [9.17, 15) is 9.59 Å². The third-order valence-corrected chi connectivity index (χ3v) is 6.50. The predicted molar refractivity (Wildman–Crippen MR) is 129 cm³/mol. The van der Waals surface area contributed by atoms with Crippen molar-refractivity contribution in [3.8, 4) is 5.69 Å². The fourth-order valence-corrected chi connectivity index (χ4v) is 4.44. The molecule has 0 atom stereocenters. The van der Waals surface area contributed by atoms with Crippen molar-refractivity contribution in [1.82, 2.24) is 9.55 Å². The second-order valence-electron chi connectivity index (χ2n) is 8.93. The lowest BCUT2D eigenvalue weighted by Crippen LogP contribution is -2.14. The van der Waals surface area contributed by atoms with Gasteiger partial charge < -0.3 is 5.32 Å². The molecule has 0 unspecified atom stereocenters. The summed E-state index contributed by atoms with van der Waals surface area (Å²) in [6, 6.07) is 21.5. The first-order chi connectivity index (χ1) is 16.1. The zero-order valence-electron chi connectivity index (χ0n) is 18.1. The van der Waals surface area contributed by atoms with E-state index in [2.05, 4.69) is 16.4 Å². The van der Waals surface area contributed by atoms with Gasteiger partial charge in [-0.15, -0.1) is 0 Å². The van der Waals surface area contributed by atoms with Gasteiger partial charge in [-0.2, -0.15) is 0 Å². The van der Waals surface area contributed by atoms with Crippen LogP contribution in [0.25, 0.3) is 22.8 Å². The molecule has 0 spiro atoms. The second-order valence-corrected chi connectivity index (χ2v) is 8.93. The number of carbonyl (C=O) groups excluding carboxylic acids is 2. The molecule has 6 rings (SSSR count). The maximum atomic E-state index is 12.8. The van der Waals surface area contributed by atoms with Crippen molar-refractivity contribution in [2.45, 2.75) is 25.7 Å². The van der Waals surface area contributed by atoms with E-state index in [1.165, 1.54) is 18.4 Å². The first-order valence-corrected chi connectivity index (χ1v) is 11.3. The van der Waals surface area contributed by atoms with Gasteiger partial charge in [-0.1, -0.05) is 24.3 Å². The van der Waals surface area contributed by atoms with Gasteiger partial charge >= 0.3 is 0 Å². The Labute approximate surface area is 191 Å². The summed E-state index contributed by atoms with van der Waals surface area (Å²) < 4.78 is 1.99. The third-order valence-electron chi connectivity index (χ3n) is 6.50. The summed E-state index contributed by atoms with van der Waals surface area (Å²) in [7, 11) is 0. The molecule has 0 aliphatic heterocycles. The Kier molecular flexibility index (Phi) is 4.68. The molecule has 1 fully saturated rings. The lowest BCUT2D eigenvalue weighted by Gasteiger charge is -2.08. The molecule has 2 aliphatic carbocycles. The maximum absolute atomic E-state index is 12.8. The second kappa shape index (κ2) is 7.85. The van der Waals surface area contributed by atoms with Gasteiger partial charge in [0.1, 0.15) is 6.33 Å². The zero-order valence-corrected chi connectivity index (χ0v) is 18.1. The number of anilines is 1. The Morgan fingerprint density at radius 1 is 1.00 bits per heavy atom. The largest absolute Gasteiger partial charge is 0.322 e. The number of imidazole rings is 1. The van der Waals surface area contributed by atoms with Gasteiger partial charge in [0.05, 0.1) is 11.0 Å². The van der Waals surface area contributed by atoms with Gasteiger partial charge in [0.2, 0.25) is 0 Å².